The van der Waals surface area contributed by atoms with E-state index in [2.05, 4.69) is 10.3 Å². The van der Waals surface area contributed by atoms with Gasteiger partial charge in [-0.25, -0.2) is 4.99 Å². The molecule has 0 saturated carbocycles. The monoisotopic (exact) mass is 439 g/mol. The van der Waals surface area contributed by atoms with Crippen LogP contribution in [-0.2, 0) is 4.79 Å². The fraction of sp³-hybridized carbons (Fsp3) is 0.0476. The van der Waals surface area contributed by atoms with E-state index in [1.165, 1.54) is 23.9 Å². The number of furan rings is 1. The molecule has 0 spiro atoms. The number of carbonyl (C=O) groups excluding carboxylic acids is 1. The van der Waals surface area contributed by atoms with Gasteiger partial charge in [-0.05, 0) is 60.6 Å². The highest BCUT2D eigenvalue weighted by atomic mass is 35.5. The lowest BCUT2D eigenvalue weighted by Crippen LogP contribution is -2.19. The quantitative estimate of drug-likeness (QED) is 0.319. The van der Waals surface area contributed by atoms with Gasteiger partial charge in [0.2, 0.25) is 0 Å². The molecule has 0 bridgehead atoms. The minimum atomic E-state index is -0.457. The molecule has 1 aromatic heterocycles. The van der Waals surface area contributed by atoms with Crippen molar-refractivity contribution in [2.24, 2.45) is 4.99 Å². The Labute approximate surface area is 180 Å². The van der Waals surface area contributed by atoms with Crippen LogP contribution in [0.1, 0.15) is 11.3 Å². The number of hydrogen-bond donors (Lipinski definition) is 1. The van der Waals surface area contributed by atoms with Crippen molar-refractivity contribution >= 4 is 51.9 Å². The largest absolute Gasteiger partial charge is 0.457 e. The first-order valence-electron chi connectivity index (χ1n) is 8.79. The average molecular weight is 440 g/mol. The van der Waals surface area contributed by atoms with Gasteiger partial charge in [0.25, 0.3) is 11.6 Å². The second kappa shape index (κ2) is 8.17. The van der Waals surface area contributed by atoms with Gasteiger partial charge in [-0.1, -0.05) is 17.7 Å². The molecule has 150 valence electrons. The van der Waals surface area contributed by atoms with E-state index in [-0.39, 0.29) is 11.6 Å². The highest BCUT2D eigenvalue weighted by molar-refractivity contribution is 8.18. The maximum Gasteiger partial charge on any atom is 0.269 e. The number of amides is 1. The zero-order valence-electron chi connectivity index (χ0n) is 15.6. The summed E-state index contributed by atoms with van der Waals surface area (Å²) in [5.74, 6) is 0.761. The fourth-order valence-corrected chi connectivity index (χ4v) is 3.74. The summed E-state index contributed by atoms with van der Waals surface area (Å²) in [6.45, 7) is 1.91. The molecule has 0 atom stereocenters. The molecule has 9 heteroatoms. The van der Waals surface area contributed by atoms with E-state index < -0.39 is 4.92 Å². The fourth-order valence-electron chi connectivity index (χ4n) is 2.76. The first-order chi connectivity index (χ1) is 14.4. The normalized spacial score (nSPS) is 16.3. The number of nitrogens with zero attached hydrogens (tertiary/aromatic N) is 2. The van der Waals surface area contributed by atoms with Crippen LogP contribution in [0.2, 0.25) is 5.02 Å². The minimum Gasteiger partial charge on any atom is -0.457 e. The van der Waals surface area contributed by atoms with Gasteiger partial charge in [-0.15, -0.1) is 0 Å². The van der Waals surface area contributed by atoms with Crippen molar-refractivity contribution in [2.75, 3.05) is 0 Å². The van der Waals surface area contributed by atoms with E-state index >= 15 is 0 Å². The molecule has 2 aromatic carbocycles. The van der Waals surface area contributed by atoms with Crippen LogP contribution >= 0.6 is 23.4 Å². The van der Waals surface area contributed by atoms with Crippen molar-refractivity contribution < 1.29 is 14.1 Å². The summed E-state index contributed by atoms with van der Waals surface area (Å²) in [4.78, 5) is 27.5. The summed E-state index contributed by atoms with van der Waals surface area (Å²) in [6.07, 6.45) is 1.63. The molecular weight excluding hydrogens is 426 g/mol. The van der Waals surface area contributed by atoms with Gasteiger partial charge in [0.15, 0.2) is 5.17 Å². The summed E-state index contributed by atoms with van der Waals surface area (Å²) >= 11 is 7.23. The Morgan fingerprint density at radius 3 is 2.67 bits per heavy atom. The number of rotatable bonds is 4. The van der Waals surface area contributed by atoms with Gasteiger partial charge >= 0.3 is 0 Å². The van der Waals surface area contributed by atoms with Crippen molar-refractivity contribution in [2.45, 2.75) is 6.92 Å². The SMILES string of the molecule is Cc1ccc(Cl)cc1N=C1NC(=O)/C(=C/c2ccc(-c3ccc([N+](=O)[O-])cc3)o2)S1. The van der Waals surface area contributed by atoms with E-state index in [1.54, 1.807) is 42.5 Å². The number of thioether (sulfide) groups is 1. The Kier molecular flexibility index (Phi) is 5.43. The molecule has 1 fully saturated rings. The number of amidine groups is 1. The number of aryl methyl sites for hydroxylation is 1. The van der Waals surface area contributed by atoms with Crippen LogP contribution in [0, 0.1) is 17.0 Å². The predicted molar refractivity (Wildman–Crippen MR) is 118 cm³/mol. The van der Waals surface area contributed by atoms with Gasteiger partial charge in [-0.2, -0.15) is 0 Å². The lowest BCUT2D eigenvalue weighted by Gasteiger charge is -2.01. The van der Waals surface area contributed by atoms with E-state index in [9.17, 15) is 14.9 Å². The minimum absolute atomic E-state index is 0.00781. The van der Waals surface area contributed by atoms with Crippen LogP contribution in [0.5, 0.6) is 0 Å². The molecular formula is C21H14ClN3O4S. The van der Waals surface area contributed by atoms with Crippen LogP contribution in [-0.4, -0.2) is 16.0 Å². The van der Waals surface area contributed by atoms with E-state index in [1.807, 2.05) is 13.0 Å². The van der Waals surface area contributed by atoms with Gasteiger partial charge in [-0.3, -0.25) is 14.9 Å². The topological polar surface area (TPSA) is 97.7 Å². The summed E-state index contributed by atoms with van der Waals surface area (Å²) in [5.41, 5.74) is 2.34. The zero-order chi connectivity index (χ0) is 21.3. The van der Waals surface area contributed by atoms with Crippen LogP contribution in [0.15, 0.2) is 68.9 Å². The number of nitro groups is 1. The number of halogens is 1. The van der Waals surface area contributed by atoms with Crippen molar-refractivity contribution in [3.8, 4) is 11.3 Å². The first kappa shape index (κ1) is 19.9. The highest BCUT2D eigenvalue weighted by Gasteiger charge is 2.24. The van der Waals surface area contributed by atoms with E-state index in [0.29, 0.717) is 37.9 Å². The second-order valence-corrected chi connectivity index (χ2v) is 7.89. The lowest BCUT2D eigenvalue weighted by atomic mass is 10.1. The van der Waals surface area contributed by atoms with Crippen molar-refractivity contribution in [3.63, 3.8) is 0 Å². The summed E-state index contributed by atoms with van der Waals surface area (Å²) in [5, 5.41) is 14.5. The number of benzene rings is 2. The van der Waals surface area contributed by atoms with Crippen LogP contribution in [0.3, 0.4) is 0 Å². The van der Waals surface area contributed by atoms with E-state index in [0.717, 1.165) is 5.56 Å². The number of aliphatic imine (C=N–C) groups is 1. The van der Waals surface area contributed by atoms with Crippen LogP contribution in [0.25, 0.3) is 17.4 Å². The van der Waals surface area contributed by atoms with Gasteiger partial charge in [0, 0.05) is 28.8 Å². The number of non-ortho nitro benzene ring substituents is 1. The van der Waals surface area contributed by atoms with Gasteiger partial charge < -0.3 is 9.73 Å². The Morgan fingerprint density at radius 1 is 1.17 bits per heavy atom. The summed E-state index contributed by atoms with van der Waals surface area (Å²) in [7, 11) is 0. The molecule has 4 rings (SSSR count). The summed E-state index contributed by atoms with van der Waals surface area (Å²) in [6, 6.07) is 14.9. The number of nitro benzene ring substituents is 1. The van der Waals surface area contributed by atoms with Crippen molar-refractivity contribution in [1.82, 2.24) is 5.32 Å². The molecule has 30 heavy (non-hydrogen) atoms. The molecule has 0 aliphatic carbocycles. The number of carbonyl (C=O) groups is 1. The molecule has 0 unspecified atom stereocenters. The molecule has 1 saturated heterocycles. The number of hydrogen-bond acceptors (Lipinski definition) is 6. The van der Waals surface area contributed by atoms with Crippen LogP contribution in [0.4, 0.5) is 11.4 Å². The molecule has 1 N–H and O–H groups in total. The molecule has 3 aromatic rings. The molecule has 1 aliphatic heterocycles. The lowest BCUT2D eigenvalue weighted by molar-refractivity contribution is -0.384. The van der Waals surface area contributed by atoms with Crippen molar-refractivity contribution in [1.29, 1.82) is 0 Å². The zero-order valence-corrected chi connectivity index (χ0v) is 17.2. The Bertz CT molecular complexity index is 1220. The first-order valence-corrected chi connectivity index (χ1v) is 9.99. The maximum atomic E-state index is 12.3. The Balaban J connectivity index is 1.54. The molecule has 7 nitrogen and oxygen atoms in total. The Hall–Kier alpha value is -3.36. The van der Waals surface area contributed by atoms with Gasteiger partial charge in [0.05, 0.1) is 15.5 Å². The number of nitrogens with one attached hydrogen (secondary N) is 1. The summed E-state index contributed by atoms with van der Waals surface area (Å²) < 4.78 is 5.77. The van der Waals surface area contributed by atoms with Crippen molar-refractivity contribution in [3.05, 3.63) is 86.0 Å². The molecule has 0 radical (unpaired) electrons. The van der Waals surface area contributed by atoms with Gasteiger partial charge in [0.1, 0.15) is 11.5 Å². The third-order valence-electron chi connectivity index (χ3n) is 4.31. The van der Waals surface area contributed by atoms with E-state index in [4.69, 9.17) is 16.0 Å². The Morgan fingerprint density at radius 2 is 1.93 bits per heavy atom. The predicted octanol–water partition coefficient (Wildman–Crippen LogP) is 5.71. The smallest absolute Gasteiger partial charge is 0.269 e. The molecule has 1 amide bonds. The van der Waals surface area contributed by atoms with Crippen LogP contribution < -0.4 is 5.32 Å². The molecule has 1 aliphatic rings. The third kappa shape index (κ3) is 4.29. The maximum absolute atomic E-state index is 12.3. The molecule has 2 heterocycles. The third-order valence-corrected chi connectivity index (χ3v) is 5.45. The second-order valence-electron chi connectivity index (χ2n) is 6.42. The average Bonchev–Trinajstić information content (AvgIpc) is 3.32. The standard InChI is InChI=1S/C21H14ClN3O4S/c1-12-2-5-14(22)10-17(12)23-21-24-20(26)19(30-21)11-16-8-9-18(29-16)13-3-6-15(7-4-13)25(27)28/h2-11H,1H3,(H,23,24,26)/b19-11-. The highest BCUT2D eigenvalue weighted by Crippen LogP contribution is 2.32.